The van der Waals surface area contributed by atoms with Gasteiger partial charge in [0.15, 0.2) is 0 Å². The standard InChI is InChI=1S/C12H16F2N2O/c1-8(7-15)12(17)16-3-2-9-4-10(13)6-11(14)5-9/h4-6,8H,2-3,7,15H2,1H3,(H,16,17). The molecular formula is C12H16F2N2O. The zero-order valence-corrected chi connectivity index (χ0v) is 9.67. The number of halogens is 2. The summed E-state index contributed by atoms with van der Waals surface area (Å²) in [6.45, 7) is 2.34. The van der Waals surface area contributed by atoms with Crippen LogP contribution in [0.2, 0.25) is 0 Å². The average Bonchev–Trinajstić information content (AvgIpc) is 2.26. The Morgan fingerprint density at radius 1 is 1.35 bits per heavy atom. The number of rotatable bonds is 5. The summed E-state index contributed by atoms with van der Waals surface area (Å²) in [7, 11) is 0. The maximum atomic E-state index is 12.9. The van der Waals surface area contributed by atoms with E-state index in [4.69, 9.17) is 5.73 Å². The van der Waals surface area contributed by atoms with Gasteiger partial charge in [-0.3, -0.25) is 4.79 Å². The summed E-state index contributed by atoms with van der Waals surface area (Å²) in [5, 5.41) is 2.66. The predicted octanol–water partition coefficient (Wildman–Crippen LogP) is 1.22. The molecular weight excluding hydrogens is 226 g/mol. The molecule has 3 N–H and O–H groups in total. The fraction of sp³-hybridized carbons (Fsp3) is 0.417. The van der Waals surface area contributed by atoms with Crippen LogP contribution in [-0.4, -0.2) is 19.0 Å². The van der Waals surface area contributed by atoms with Gasteiger partial charge < -0.3 is 11.1 Å². The number of benzene rings is 1. The van der Waals surface area contributed by atoms with Crippen LogP contribution in [0.25, 0.3) is 0 Å². The van der Waals surface area contributed by atoms with Crippen molar-refractivity contribution in [3.8, 4) is 0 Å². The normalized spacial score (nSPS) is 12.2. The first-order valence-electron chi connectivity index (χ1n) is 5.45. The second kappa shape index (κ2) is 6.30. The van der Waals surface area contributed by atoms with Crippen LogP contribution >= 0.6 is 0 Å². The van der Waals surface area contributed by atoms with Gasteiger partial charge in [0.2, 0.25) is 5.91 Å². The zero-order valence-electron chi connectivity index (χ0n) is 9.67. The van der Waals surface area contributed by atoms with E-state index in [1.54, 1.807) is 6.92 Å². The highest BCUT2D eigenvalue weighted by Gasteiger charge is 2.09. The number of carbonyl (C=O) groups excluding carboxylic acids is 1. The number of carbonyl (C=O) groups is 1. The monoisotopic (exact) mass is 242 g/mol. The largest absolute Gasteiger partial charge is 0.355 e. The molecule has 0 saturated carbocycles. The number of hydrogen-bond acceptors (Lipinski definition) is 2. The molecule has 0 radical (unpaired) electrons. The van der Waals surface area contributed by atoms with Gasteiger partial charge in [0.1, 0.15) is 11.6 Å². The van der Waals surface area contributed by atoms with Gasteiger partial charge in [0, 0.05) is 25.1 Å². The maximum absolute atomic E-state index is 12.9. The molecule has 1 amide bonds. The Kier molecular flexibility index (Phi) is 5.03. The van der Waals surface area contributed by atoms with E-state index in [9.17, 15) is 13.6 Å². The molecule has 94 valence electrons. The lowest BCUT2D eigenvalue weighted by molar-refractivity contribution is -0.124. The molecule has 0 fully saturated rings. The Morgan fingerprint density at radius 2 is 1.94 bits per heavy atom. The van der Waals surface area contributed by atoms with Crippen molar-refractivity contribution in [1.82, 2.24) is 5.32 Å². The fourth-order valence-corrected chi connectivity index (χ4v) is 1.37. The van der Waals surface area contributed by atoms with Gasteiger partial charge in [0.05, 0.1) is 0 Å². The van der Waals surface area contributed by atoms with Crippen LogP contribution in [0.4, 0.5) is 8.78 Å². The van der Waals surface area contributed by atoms with Gasteiger partial charge in [-0.05, 0) is 24.1 Å². The Morgan fingerprint density at radius 3 is 2.47 bits per heavy atom. The van der Waals surface area contributed by atoms with Crippen molar-refractivity contribution in [2.45, 2.75) is 13.3 Å². The van der Waals surface area contributed by atoms with E-state index < -0.39 is 11.6 Å². The molecule has 5 heteroatoms. The Bertz CT molecular complexity index is 376. The molecule has 0 bridgehead atoms. The second-order valence-electron chi connectivity index (χ2n) is 3.96. The van der Waals surface area contributed by atoms with Crippen molar-refractivity contribution in [2.24, 2.45) is 11.7 Å². The summed E-state index contributed by atoms with van der Waals surface area (Å²) in [4.78, 5) is 11.4. The summed E-state index contributed by atoms with van der Waals surface area (Å²) in [6, 6.07) is 3.32. The molecule has 0 heterocycles. The van der Waals surface area contributed by atoms with E-state index >= 15 is 0 Å². The molecule has 0 aromatic heterocycles. The van der Waals surface area contributed by atoms with Gasteiger partial charge >= 0.3 is 0 Å². The van der Waals surface area contributed by atoms with Crippen molar-refractivity contribution in [3.63, 3.8) is 0 Å². The third-order valence-electron chi connectivity index (χ3n) is 2.44. The van der Waals surface area contributed by atoms with Crippen molar-refractivity contribution in [3.05, 3.63) is 35.4 Å². The molecule has 1 atom stereocenters. The summed E-state index contributed by atoms with van der Waals surface area (Å²) >= 11 is 0. The molecule has 1 aromatic rings. The third-order valence-corrected chi connectivity index (χ3v) is 2.44. The van der Waals surface area contributed by atoms with E-state index in [-0.39, 0.29) is 18.4 Å². The van der Waals surface area contributed by atoms with Crippen LogP contribution in [0.1, 0.15) is 12.5 Å². The van der Waals surface area contributed by atoms with E-state index in [0.717, 1.165) is 6.07 Å². The lowest BCUT2D eigenvalue weighted by atomic mass is 10.1. The van der Waals surface area contributed by atoms with Crippen molar-refractivity contribution >= 4 is 5.91 Å². The minimum Gasteiger partial charge on any atom is -0.355 e. The third kappa shape index (κ3) is 4.48. The lowest BCUT2D eigenvalue weighted by Crippen LogP contribution is -2.34. The lowest BCUT2D eigenvalue weighted by Gasteiger charge is -2.09. The van der Waals surface area contributed by atoms with Crippen LogP contribution in [0.15, 0.2) is 18.2 Å². The van der Waals surface area contributed by atoms with E-state index in [2.05, 4.69) is 5.32 Å². The Hall–Kier alpha value is -1.49. The topological polar surface area (TPSA) is 55.1 Å². The highest BCUT2D eigenvalue weighted by atomic mass is 19.1. The molecule has 0 aliphatic carbocycles. The number of nitrogens with one attached hydrogen (secondary N) is 1. The Labute approximate surface area is 99.0 Å². The summed E-state index contributed by atoms with van der Waals surface area (Å²) in [5.41, 5.74) is 5.85. The minimum atomic E-state index is -0.610. The van der Waals surface area contributed by atoms with E-state index in [1.165, 1.54) is 12.1 Å². The van der Waals surface area contributed by atoms with Crippen LogP contribution < -0.4 is 11.1 Å². The first-order valence-corrected chi connectivity index (χ1v) is 5.45. The molecule has 1 unspecified atom stereocenters. The molecule has 1 rings (SSSR count). The highest BCUT2D eigenvalue weighted by molar-refractivity contribution is 5.78. The van der Waals surface area contributed by atoms with Gasteiger partial charge in [-0.2, -0.15) is 0 Å². The molecule has 3 nitrogen and oxygen atoms in total. The highest BCUT2D eigenvalue weighted by Crippen LogP contribution is 2.08. The summed E-state index contributed by atoms with van der Waals surface area (Å²) in [6.07, 6.45) is 0.387. The molecule has 0 spiro atoms. The van der Waals surface area contributed by atoms with Gasteiger partial charge in [-0.1, -0.05) is 6.92 Å². The summed E-state index contributed by atoms with van der Waals surface area (Å²) in [5.74, 6) is -1.62. The maximum Gasteiger partial charge on any atom is 0.224 e. The second-order valence-corrected chi connectivity index (χ2v) is 3.96. The Balaban J connectivity index is 2.43. The number of hydrogen-bond donors (Lipinski definition) is 2. The van der Waals surface area contributed by atoms with Crippen molar-refractivity contribution < 1.29 is 13.6 Å². The van der Waals surface area contributed by atoms with Gasteiger partial charge in [-0.15, -0.1) is 0 Å². The van der Waals surface area contributed by atoms with Crippen LogP contribution in [0, 0.1) is 17.6 Å². The molecule has 0 aliphatic heterocycles. The molecule has 0 saturated heterocycles. The van der Waals surface area contributed by atoms with Crippen LogP contribution in [-0.2, 0) is 11.2 Å². The van der Waals surface area contributed by atoms with Crippen molar-refractivity contribution in [1.29, 1.82) is 0 Å². The average molecular weight is 242 g/mol. The van der Waals surface area contributed by atoms with E-state index in [0.29, 0.717) is 18.5 Å². The first-order chi connectivity index (χ1) is 8.02. The van der Waals surface area contributed by atoms with Gasteiger partial charge in [-0.25, -0.2) is 8.78 Å². The number of nitrogens with two attached hydrogens (primary N) is 1. The fourth-order valence-electron chi connectivity index (χ4n) is 1.37. The zero-order chi connectivity index (χ0) is 12.8. The first kappa shape index (κ1) is 13.6. The van der Waals surface area contributed by atoms with Crippen LogP contribution in [0.5, 0.6) is 0 Å². The minimum absolute atomic E-state index is 0.149. The van der Waals surface area contributed by atoms with Gasteiger partial charge in [0.25, 0.3) is 0 Å². The number of amides is 1. The van der Waals surface area contributed by atoms with Crippen LogP contribution in [0.3, 0.4) is 0 Å². The van der Waals surface area contributed by atoms with E-state index in [1.807, 2.05) is 0 Å². The molecule has 0 aliphatic rings. The predicted molar refractivity (Wildman–Crippen MR) is 61.3 cm³/mol. The van der Waals surface area contributed by atoms with Crippen molar-refractivity contribution in [2.75, 3.05) is 13.1 Å². The molecule has 1 aromatic carbocycles. The summed E-state index contributed by atoms with van der Waals surface area (Å²) < 4.78 is 25.7. The smallest absolute Gasteiger partial charge is 0.224 e. The quantitative estimate of drug-likeness (QED) is 0.815. The molecule has 17 heavy (non-hydrogen) atoms. The SMILES string of the molecule is CC(CN)C(=O)NCCc1cc(F)cc(F)c1.